The van der Waals surface area contributed by atoms with Crippen LogP contribution in [0.2, 0.25) is 0 Å². The van der Waals surface area contributed by atoms with E-state index in [0.717, 1.165) is 11.0 Å². The summed E-state index contributed by atoms with van der Waals surface area (Å²) in [5.74, 6) is 1.16. The van der Waals surface area contributed by atoms with Crippen molar-refractivity contribution in [2.45, 2.75) is 17.9 Å². The van der Waals surface area contributed by atoms with Crippen molar-refractivity contribution in [2.75, 3.05) is 17.9 Å². The molecule has 4 aromatic rings. The Bertz CT molecular complexity index is 1440. The molecule has 0 bridgehead atoms. The van der Waals surface area contributed by atoms with Gasteiger partial charge in [0.1, 0.15) is 24.6 Å². The number of fused-ring (bicyclic) bond motifs is 2. The molecule has 1 atom stereocenters. The molecular weight excluding hydrogens is 456 g/mol. The molecule has 0 aliphatic carbocycles. The highest BCUT2D eigenvalue weighted by Gasteiger charge is 2.21. The molecule has 0 spiro atoms. The summed E-state index contributed by atoms with van der Waals surface area (Å²) in [6, 6.07) is 19.8. The van der Waals surface area contributed by atoms with E-state index in [1.165, 1.54) is 18.2 Å². The Hall–Kier alpha value is -3.98. The highest BCUT2D eigenvalue weighted by Crippen LogP contribution is 2.33. The maximum atomic E-state index is 12.9. The summed E-state index contributed by atoms with van der Waals surface area (Å²) in [5, 5.41) is 3.84. The van der Waals surface area contributed by atoms with E-state index in [9.17, 15) is 13.2 Å². The SMILES string of the molecule is CC(NC(=O)c1cccc(NS(=O)(=O)c2ccc3c(c2)OCCO3)c1)c1cc2ccccc2o1. The summed E-state index contributed by atoms with van der Waals surface area (Å²) in [6.07, 6.45) is 0. The van der Waals surface area contributed by atoms with Crippen LogP contribution in [0, 0.1) is 0 Å². The summed E-state index contributed by atoms with van der Waals surface area (Å²) < 4.78 is 45.0. The smallest absolute Gasteiger partial charge is 0.262 e. The van der Waals surface area contributed by atoms with Crippen LogP contribution in [0.5, 0.6) is 11.5 Å². The second-order valence-electron chi connectivity index (χ2n) is 7.87. The number of ether oxygens (including phenoxy) is 2. The molecule has 8 nitrogen and oxygen atoms in total. The predicted octanol–water partition coefficient (Wildman–Crippen LogP) is 4.50. The van der Waals surface area contributed by atoms with Crippen LogP contribution in [0.4, 0.5) is 5.69 Å². The Balaban J connectivity index is 1.31. The Kier molecular flexibility index (Phi) is 5.62. The second kappa shape index (κ2) is 8.75. The van der Waals surface area contributed by atoms with Gasteiger partial charge in [0.25, 0.3) is 15.9 Å². The molecule has 174 valence electrons. The van der Waals surface area contributed by atoms with Gasteiger partial charge < -0.3 is 19.2 Å². The van der Waals surface area contributed by atoms with Crippen LogP contribution in [0.1, 0.15) is 29.1 Å². The van der Waals surface area contributed by atoms with Gasteiger partial charge in [0.05, 0.1) is 10.9 Å². The van der Waals surface area contributed by atoms with Gasteiger partial charge in [-0.3, -0.25) is 9.52 Å². The van der Waals surface area contributed by atoms with Gasteiger partial charge in [0.2, 0.25) is 0 Å². The standard InChI is InChI=1S/C25H22N2O6S/c1-16(23-14-17-5-2-3-8-21(17)33-23)26-25(28)18-6-4-7-19(13-18)27-34(29,30)20-9-10-22-24(15-20)32-12-11-31-22/h2-10,13-16,27H,11-12H2,1H3,(H,26,28). The molecule has 2 heterocycles. The normalized spacial score (nSPS) is 13.9. The molecule has 0 saturated carbocycles. The number of amides is 1. The molecule has 1 aliphatic heterocycles. The van der Waals surface area contributed by atoms with Crippen molar-refractivity contribution in [2.24, 2.45) is 0 Å². The Morgan fingerprint density at radius 1 is 0.912 bits per heavy atom. The first-order chi connectivity index (χ1) is 16.4. The molecule has 0 saturated heterocycles. The number of para-hydroxylation sites is 1. The summed E-state index contributed by atoms with van der Waals surface area (Å²) in [4.78, 5) is 12.9. The minimum atomic E-state index is -3.90. The molecular formula is C25H22N2O6S. The molecule has 1 aromatic heterocycles. The number of rotatable bonds is 6. The van der Waals surface area contributed by atoms with Gasteiger partial charge in [-0.2, -0.15) is 0 Å². The van der Waals surface area contributed by atoms with Gasteiger partial charge in [-0.1, -0.05) is 24.3 Å². The predicted molar refractivity (Wildman–Crippen MR) is 127 cm³/mol. The van der Waals surface area contributed by atoms with Crippen LogP contribution in [-0.2, 0) is 10.0 Å². The van der Waals surface area contributed by atoms with Crippen LogP contribution < -0.4 is 19.5 Å². The second-order valence-corrected chi connectivity index (χ2v) is 9.56. The van der Waals surface area contributed by atoms with Crippen LogP contribution in [0.3, 0.4) is 0 Å². The number of carbonyl (C=O) groups is 1. The Morgan fingerprint density at radius 2 is 1.71 bits per heavy atom. The van der Waals surface area contributed by atoms with E-state index in [0.29, 0.717) is 36.0 Å². The van der Waals surface area contributed by atoms with Crippen molar-refractivity contribution in [1.29, 1.82) is 0 Å². The topological polar surface area (TPSA) is 107 Å². The first kappa shape index (κ1) is 21.8. The van der Waals surface area contributed by atoms with Crippen molar-refractivity contribution in [3.63, 3.8) is 0 Å². The van der Waals surface area contributed by atoms with Gasteiger partial charge in [0, 0.05) is 22.7 Å². The molecule has 3 aromatic carbocycles. The van der Waals surface area contributed by atoms with E-state index < -0.39 is 10.0 Å². The van der Waals surface area contributed by atoms with Gasteiger partial charge in [0.15, 0.2) is 11.5 Å². The number of nitrogens with one attached hydrogen (secondary N) is 2. The maximum Gasteiger partial charge on any atom is 0.262 e. The molecule has 5 rings (SSSR count). The van der Waals surface area contributed by atoms with E-state index in [1.807, 2.05) is 37.3 Å². The fourth-order valence-electron chi connectivity index (χ4n) is 3.70. The lowest BCUT2D eigenvalue weighted by molar-refractivity contribution is 0.0935. The minimum Gasteiger partial charge on any atom is -0.486 e. The van der Waals surface area contributed by atoms with Crippen molar-refractivity contribution < 1.29 is 27.1 Å². The van der Waals surface area contributed by atoms with E-state index >= 15 is 0 Å². The molecule has 1 unspecified atom stereocenters. The summed E-state index contributed by atoms with van der Waals surface area (Å²) in [7, 11) is -3.90. The lowest BCUT2D eigenvalue weighted by Gasteiger charge is -2.19. The van der Waals surface area contributed by atoms with Crippen LogP contribution in [-0.4, -0.2) is 27.5 Å². The summed E-state index contributed by atoms with van der Waals surface area (Å²) in [5.41, 5.74) is 1.32. The molecule has 1 aliphatic rings. The van der Waals surface area contributed by atoms with Crippen LogP contribution >= 0.6 is 0 Å². The number of hydrogen-bond donors (Lipinski definition) is 2. The molecule has 0 radical (unpaired) electrons. The molecule has 9 heteroatoms. The number of carbonyl (C=O) groups excluding carboxylic acids is 1. The Morgan fingerprint density at radius 3 is 2.53 bits per heavy atom. The van der Waals surface area contributed by atoms with Crippen molar-refractivity contribution in [3.05, 3.63) is 84.1 Å². The first-order valence-electron chi connectivity index (χ1n) is 10.7. The Labute approximate surface area is 196 Å². The third kappa shape index (κ3) is 4.42. The van der Waals surface area contributed by atoms with E-state index in [1.54, 1.807) is 24.3 Å². The van der Waals surface area contributed by atoms with Gasteiger partial charge in [-0.05, 0) is 49.4 Å². The largest absolute Gasteiger partial charge is 0.486 e. The molecule has 0 fully saturated rings. The zero-order valence-electron chi connectivity index (χ0n) is 18.3. The molecule has 34 heavy (non-hydrogen) atoms. The maximum absolute atomic E-state index is 12.9. The van der Waals surface area contributed by atoms with Gasteiger partial charge in [-0.25, -0.2) is 8.42 Å². The average molecular weight is 479 g/mol. The zero-order chi connectivity index (χ0) is 23.7. The first-order valence-corrected chi connectivity index (χ1v) is 12.2. The summed E-state index contributed by atoms with van der Waals surface area (Å²) in [6.45, 7) is 2.60. The van der Waals surface area contributed by atoms with Crippen molar-refractivity contribution in [1.82, 2.24) is 5.32 Å². The summed E-state index contributed by atoms with van der Waals surface area (Å²) >= 11 is 0. The lowest BCUT2D eigenvalue weighted by atomic mass is 10.1. The number of benzene rings is 3. The third-order valence-electron chi connectivity index (χ3n) is 5.42. The van der Waals surface area contributed by atoms with E-state index in [-0.39, 0.29) is 22.5 Å². The lowest BCUT2D eigenvalue weighted by Crippen LogP contribution is -2.26. The monoisotopic (exact) mass is 478 g/mol. The van der Waals surface area contributed by atoms with E-state index in [4.69, 9.17) is 13.9 Å². The minimum absolute atomic E-state index is 0.0325. The third-order valence-corrected chi connectivity index (χ3v) is 6.80. The highest BCUT2D eigenvalue weighted by atomic mass is 32.2. The highest BCUT2D eigenvalue weighted by molar-refractivity contribution is 7.92. The van der Waals surface area contributed by atoms with Crippen molar-refractivity contribution in [3.8, 4) is 11.5 Å². The van der Waals surface area contributed by atoms with Crippen LogP contribution in [0.15, 0.2) is 82.1 Å². The quantitative estimate of drug-likeness (QED) is 0.423. The fourth-order valence-corrected chi connectivity index (χ4v) is 4.76. The number of sulfonamides is 1. The van der Waals surface area contributed by atoms with Gasteiger partial charge >= 0.3 is 0 Å². The van der Waals surface area contributed by atoms with Crippen molar-refractivity contribution >= 4 is 32.6 Å². The number of anilines is 1. The molecule has 1 amide bonds. The van der Waals surface area contributed by atoms with E-state index in [2.05, 4.69) is 10.0 Å². The molecule has 2 N–H and O–H groups in total. The average Bonchev–Trinajstić information content (AvgIpc) is 3.28. The zero-order valence-corrected chi connectivity index (χ0v) is 19.1. The van der Waals surface area contributed by atoms with Gasteiger partial charge in [-0.15, -0.1) is 0 Å². The van der Waals surface area contributed by atoms with Crippen LogP contribution in [0.25, 0.3) is 11.0 Å². The fraction of sp³-hybridized carbons (Fsp3) is 0.160. The number of hydrogen-bond acceptors (Lipinski definition) is 6. The number of furan rings is 1.